The molecule has 0 fully saturated rings. The van der Waals surface area contributed by atoms with Gasteiger partial charge in [0.2, 0.25) is 0 Å². The smallest absolute Gasteiger partial charge is 0.264 e. The lowest BCUT2D eigenvalue weighted by molar-refractivity contribution is 0.570. The molecule has 0 saturated heterocycles. The number of hydrogen-bond acceptors (Lipinski definition) is 3. The van der Waals surface area contributed by atoms with Crippen LogP contribution in [0.15, 0.2) is 39.7 Å². The molecule has 3 N–H and O–H groups in total. The van der Waals surface area contributed by atoms with Crippen LogP contribution in [0.5, 0.6) is 0 Å². The van der Waals surface area contributed by atoms with Crippen molar-refractivity contribution in [2.75, 3.05) is 10.5 Å². The SMILES string of the molecule is Cc1ccc(NS(=O)(=O)c2cc(N)c(Br)cc2F)cc1C. The van der Waals surface area contributed by atoms with Gasteiger partial charge in [-0.15, -0.1) is 0 Å². The van der Waals surface area contributed by atoms with Gasteiger partial charge in [0.25, 0.3) is 10.0 Å². The van der Waals surface area contributed by atoms with Crippen molar-refractivity contribution in [3.05, 3.63) is 51.7 Å². The van der Waals surface area contributed by atoms with E-state index in [1.165, 1.54) is 0 Å². The minimum absolute atomic E-state index is 0.150. The van der Waals surface area contributed by atoms with Gasteiger partial charge in [-0.1, -0.05) is 6.07 Å². The van der Waals surface area contributed by atoms with Gasteiger partial charge in [-0.25, -0.2) is 12.8 Å². The lowest BCUT2D eigenvalue weighted by atomic mass is 10.1. The summed E-state index contributed by atoms with van der Waals surface area (Å²) in [6.07, 6.45) is 0. The van der Waals surface area contributed by atoms with E-state index in [0.717, 1.165) is 23.3 Å². The average molecular weight is 373 g/mol. The van der Waals surface area contributed by atoms with Gasteiger partial charge < -0.3 is 5.73 Å². The predicted octanol–water partition coefficient (Wildman–Crippen LogP) is 3.59. The number of aryl methyl sites for hydroxylation is 2. The summed E-state index contributed by atoms with van der Waals surface area (Å²) in [6.45, 7) is 3.79. The Hall–Kier alpha value is -1.60. The van der Waals surface area contributed by atoms with Crippen molar-refractivity contribution in [1.82, 2.24) is 0 Å². The summed E-state index contributed by atoms with van der Waals surface area (Å²) in [5.74, 6) is -0.868. The highest BCUT2D eigenvalue weighted by atomic mass is 79.9. The lowest BCUT2D eigenvalue weighted by Crippen LogP contribution is -2.15. The third kappa shape index (κ3) is 3.36. The molecule has 0 aliphatic rings. The maximum atomic E-state index is 13.9. The van der Waals surface area contributed by atoms with Gasteiger partial charge in [0.1, 0.15) is 10.7 Å². The molecule has 21 heavy (non-hydrogen) atoms. The molecule has 0 aliphatic heterocycles. The number of nitrogens with two attached hydrogens (primary N) is 1. The monoisotopic (exact) mass is 372 g/mol. The summed E-state index contributed by atoms with van der Waals surface area (Å²) >= 11 is 3.05. The average Bonchev–Trinajstić information content (AvgIpc) is 2.37. The Kier molecular flexibility index (Phi) is 4.25. The molecule has 0 radical (unpaired) electrons. The molecule has 2 rings (SSSR count). The summed E-state index contributed by atoms with van der Waals surface area (Å²) in [5.41, 5.74) is 8.12. The Morgan fingerprint density at radius 1 is 1.14 bits per heavy atom. The molecule has 2 aromatic rings. The van der Waals surface area contributed by atoms with Crippen LogP contribution in [0.4, 0.5) is 15.8 Å². The second-order valence-electron chi connectivity index (χ2n) is 4.71. The summed E-state index contributed by atoms with van der Waals surface area (Å²) in [4.78, 5) is -0.485. The van der Waals surface area contributed by atoms with Crippen LogP contribution in [0.1, 0.15) is 11.1 Å². The van der Waals surface area contributed by atoms with Gasteiger partial charge in [-0.2, -0.15) is 0 Å². The molecule has 2 aromatic carbocycles. The summed E-state index contributed by atoms with van der Waals surface area (Å²) in [5, 5.41) is 0. The zero-order chi connectivity index (χ0) is 15.8. The number of rotatable bonds is 3. The van der Waals surface area contributed by atoms with Crippen LogP contribution in [0.3, 0.4) is 0 Å². The number of sulfonamides is 1. The van der Waals surface area contributed by atoms with Gasteiger partial charge in [-0.3, -0.25) is 4.72 Å². The molecule has 0 aromatic heterocycles. The van der Waals surface area contributed by atoms with E-state index >= 15 is 0 Å². The van der Waals surface area contributed by atoms with E-state index in [1.807, 2.05) is 13.8 Å². The van der Waals surface area contributed by atoms with E-state index in [1.54, 1.807) is 18.2 Å². The number of benzene rings is 2. The highest BCUT2D eigenvalue weighted by Crippen LogP contribution is 2.27. The maximum absolute atomic E-state index is 13.9. The van der Waals surface area contributed by atoms with Crippen molar-refractivity contribution in [3.8, 4) is 0 Å². The van der Waals surface area contributed by atoms with Crippen molar-refractivity contribution >= 4 is 37.3 Å². The Morgan fingerprint density at radius 2 is 1.81 bits per heavy atom. The topological polar surface area (TPSA) is 72.2 Å². The number of nitrogen functional groups attached to an aromatic ring is 1. The van der Waals surface area contributed by atoms with Crippen molar-refractivity contribution in [2.24, 2.45) is 0 Å². The Morgan fingerprint density at radius 3 is 2.43 bits per heavy atom. The van der Waals surface area contributed by atoms with Crippen LogP contribution in [-0.2, 0) is 10.0 Å². The lowest BCUT2D eigenvalue weighted by Gasteiger charge is -2.11. The van der Waals surface area contributed by atoms with Crippen LogP contribution in [-0.4, -0.2) is 8.42 Å². The van der Waals surface area contributed by atoms with Gasteiger partial charge in [0.05, 0.1) is 0 Å². The number of anilines is 2. The van der Waals surface area contributed by atoms with Crippen LogP contribution in [0.2, 0.25) is 0 Å². The third-order valence-corrected chi connectivity index (χ3v) is 5.18. The first-order valence-electron chi connectivity index (χ1n) is 6.05. The largest absolute Gasteiger partial charge is 0.398 e. The van der Waals surface area contributed by atoms with E-state index in [-0.39, 0.29) is 5.69 Å². The van der Waals surface area contributed by atoms with Gasteiger partial charge in [-0.05, 0) is 65.2 Å². The van der Waals surface area contributed by atoms with Crippen molar-refractivity contribution < 1.29 is 12.8 Å². The fraction of sp³-hybridized carbons (Fsp3) is 0.143. The summed E-state index contributed by atoms with van der Waals surface area (Å²) in [6, 6.07) is 7.22. The molecule has 0 unspecified atom stereocenters. The first kappa shape index (κ1) is 15.8. The summed E-state index contributed by atoms with van der Waals surface area (Å²) in [7, 11) is -4.04. The maximum Gasteiger partial charge on any atom is 0.264 e. The third-order valence-electron chi connectivity index (χ3n) is 3.10. The predicted molar refractivity (Wildman–Crippen MR) is 85.2 cm³/mol. The molecule has 112 valence electrons. The normalized spacial score (nSPS) is 11.4. The van der Waals surface area contributed by atoms with E-state index in [0.29, 0.717) is 10.2 Å². The van der Waals surface area contributed by atoms with Crippen LogP contribution >= 0.6 is 15.9 Å². The number of hydrogen-bond donors (Lipinski definition) is 2. The molecule has 0 saturated carbocycles. The standard InChI is InChI=1S/C14H14BrFN2O2S/c1-8-3-4-10(5-9(8)2)18-21(19,20)14-7-13(17)11(15)6-12(14)16/h3-7,18H,17H2,1-2H3. The molecular formula is C14H14BrFN2O2S. The Bertz CT molecular complexity index is 807. The first-order valence-corrected chi connectivity index (χ1v) is 8.33. The van der Waals surface area contributed by atoms with Crippen molar-refractivity contribution in [2.45, 2.75) is 18.7 Å². The molecule has 0 heterocycles. The second kappa shape index (κ2) is 5.65. The van der Waals surface area contributed by atoms with E-state index in [4.69, 9.17) is 5.73 Å². The fourth-order valence-corrected chi connectivity index (χ4v) is 3.23. The van der Waals surface area contributed by atoms with Gasteiger partial charge >= 0.3 is 0 Å². The van der Waals surface area contributed by atoms with E-state index < -0.39 is 20.7 Å². The molecule has 0 aliphatic carbocycles. The highest BCUT2D eigenvalue weighted by Gasteiger charge is 2.21. The molecule has 0 atom stereocenters. The quantitative estimate of drug-likeness (QED) is 0.808. The molecule has 4 nitrogen and oxygen atoms in total. The molecule has 7 heteroatoms. The molecule has 0 spiro atoms. The fourth-order valence-electron chi connectivity index (χ4n) is 1.77. The van der Waals surface area contributed by atoms with E-state index in [9.17, 15) is 12.8 Å². The number of halogens is 2. The van der Waals surface area contributed by atoms with Crippen LogP contribution < -0.4 is 10.5 Å². The van der Waals surface area contributed by atoms with Crippen LogP contribution in [0.25, 0.3) is 0 Å². The number of nitrogens with one attached hydrogen (secondary N) is 1. The molecule has 0 bridgehead atoms. The zero-order valence-corrected chi connectivity index (χ0v) is 13.8. The Balaban J connectivity index is 2.43. The zero-order valence-electron chi connectivity index (χ0n) is 11.4. The Labute approximate surface area is 131 Å². The van der Waals surface area contributed by atoms with Crippen molar-refractivity contribution in [1.29, 1.82) is 0 Å². The van der Waals surface area contributed by atoms with Crippen molar-refractivity contribution in [3.63, 3.8) is 0 Å². The van der Waals surface area contributed by atoms with E-state index in [2.05, 4.69) is 20.7 Å². The second-order valence-corrected chi connectivity index (χ2v) is 7.21. The van der Waals surface area contributed by atoms with Gasteiger partial charge in [0.15, 0.2) is 0 Å². The minimum atomic E-state index is -4.04. The minimum Gasteiger partial charge on any atom is -0.398 e. The van der Waals surface area contributed by atoms with Gasteiger partial charge in [0, 0.05) is 15.8 Å². The molecule has 0 amide bonds. The highest BCUT2D eigenvalue weighted by molar-refractivity contribution is 9.10. The first-order chi connectivity index (χ1) is 9.70. The van der Waals surface area contributed by atoms with Crippen LogP contribution in [0, 0.1) is 19.7 Å². The molecular weight excluding hydrogens is 359 g/mol. The summed E-state index contributed by atoms with van der Waals surface area (Å²) < 4.78 is 41.0.